The van der Waals surface area contributed by atoms with Crippen LogP contribution in [0.5, 0.6) is 5.75 Å². The Bertz CT molecular complexity index is 1120. The van der Waals surface area contributed by atoms with Crippen molar-refractivity contribution in [3.8, 4) is 16.3 Å². The maximum absolute atomic E-state index is 12.5. The number of anilines is 1. The Labute approximate surface area is 184 Å². The molecular formula is C23H23N5O2S. The van der Waals surface area contributed by atoms with Gasteiger partial charge in [-0.25, -0.2) is 14.6 Å². The summed E-state index contributed by atoms with van der Waals surface area (Å²) in [5.74, 6) is 0.572. The van der Waals surface area contributed by atoms with Gasteiger partial charge in [-0.3, -0.25) is 4.79 Å². The Morgan fingerprint density at radius 1 is 1.19 bits per heavy atom. The predicted octanol–water partition coefficient (Wildman–Crippen LogP) is 4.22. The van der Waals surface area contributed by atoms with E-state index in [4.69, 9.17) is 4.74 Å². The Morgan fingerprint density at radius 3 is 2.84 bits per heavy atom. The van der Waals surface area contributed by atoms with Crippen molar-refractivity contribution in [3.05, 3.63) is 77.8 Å². The molecule has 2 heterocycles. The van der Waals surface area contributed by atoms with E-state index in [0.717, 1.165) is 22.7 Å². The molecule has 0 aliphatic heterocycles. The van der Waals surface area contributed by atoms with E-state index in [-0.39, 0.29) is 12.3 Å². The van der Waals surface area contributed by atoms with Crippen molar-refractivity contribution in [2.24, 2.45) is 0 Å². The molecule has 0 aliphatic rings. The SMILES string of the molecule is CCc1ccc(-c2nc(CC(=O)Nc3cccc(OCCn4cncn4)c3)cs2)cc1. The number of thiazole rings is 1. The summed E-state index contributed by atoms with van der Waals surface area (Å²) < 4.78 is 7.44. The second-order valence-electron chi connectivity index (χ2n) is 6.95. The van der Waals surface area contributed by atoms with Gasteiger partial charge in [-0.2, -0.15) is 5.10 Å². The number of carbonyl (C=O) groups is 1. The van der Waals surface area contributed by atoms with Gasteiger partial charge in [-0.15, -0.1) is 11.3 Å². The molecule has 31 heavy (non-hydrogen) atoms. The topological polar surface area (TPSA) is 81.9 Å². The first kappa shape index (κ1) is 20.7. The number of benzene rings is 2. The highest BCUT2D eigenvalue weighted by molar-refractivity contribution is 7.13. The van der Waals surface area contributed by atoms with Crippen LogP contribution in [-0.2, 0) is 24.2 Å². The number of amides is 1. The number of rotatable bonds is 9. The molecule has 2 aromatic heterocycles. The van der Waals surface area contributed by atoms with Crippen molar-refractivity contribution >= 4 is 22.9 Å². The average molecular weight is 434 g/mol. The van der Waals surface area contributed by atoms with Crippen LogP contribution in [0.4, 0.5) is 5.69 Å². The minimum Gasteiger partial charge on any atom is -0.492 e. The van der Waals surface area contributed by atoms with Gasteiger partial charge in [0.1, 0.15) is 30.0 Å². The molecule has 0 atom stereocenters. The van der Waals surface area contributed by atoms with Crippen LogP contribution in [0.3, 0.4) is 0 Å². The number of ether oxygens (including phenoxy) is 1. The second-order valence-corrected chi connectivity index (χ2v) is 7.81. The molecule has 0 saturated heterocycles. The summed E-state index contributed by atoms with van der Waals surface area (Å²) in [6, 6.07) is 15.7. The first-order valence-electron chi connectivity index (χ1n) is 10.1. The number of nitrogens with zero attached hydrogens (tertiary/aromatic N) is 4. The van der Waals surface area contributed by atoms with Crippen LogP contribution in [0.25, 0.3) is 10.6 Å². The number of aromatic nitrogens is 4. The zero-order valence-electron chi connectivity index (χ0n) is 17.2. The van der Waals surface area contributed by atoms with Gasteiger partial charge >= 0.3 is 0 Å². The zero-order chi connectivity index (χ0) is 21.5. The van der Waals surface area contributed by atoms with Crippen molar-refractivity contribution in [3.63, 3.8) is 0 Å². The van der Waals surface area contributed by atoms with E-state index in [2.05, 4.69) is 51.6 Å². The van der Waals surface area contributed by atoms with E-state index in [1.54, 1.807) is 28.4 Å². The minimum absolute atomic E-state index is 0.113. The number of hydrogen-bond donors (Lipinski definition) is 1. The molecule has 0 spiro atoms. The largest absolute Gasteiger partial charge is 0.492 e. The fourth-order valence-corrected chi connectivity index (χ4v) is 3.87. The van der Waals surface area contributed by atoms with Crippen molar-refractivity contribution in [2.45, 2.75) is 26.3 Å². The molecule has 1 amide bonds. The highest BCUT2D eigenvalue weighted by atomic mass is 32.1. The summed E-state index contributed by atoms with van der Waals surface area (Å²) >= 11 is 1.55. The van der Waals surface area contributed by atoms with Crippen LogP contribution in [-0.4, -0.2) is 32.3 Å². The first-order chi connectivity index (χ1) is 15.2. The van der Waals surface area contributed by atoms with Crippen molar-refractivity contribution < 1.29 is 9.53 Å². The van der Waals surface area contributed by atoms with E-state index in [1.165, 1.54) is 11.9 Å². The lowest BCUT2D eigenvalue weighted by molar-refractivity contribution is -0.115. The summed E-state index contributed by atoms with van der Waals surface area (Å²) in [7, 11) is 0. The maximum atomic E-state index is 12.5. The number of aryl methyl sites for hydroxylation is 1. The Morgan fingerprint density at radius 2 is 2.06 bits per heavy atom. The molecule has 1 N–H and O–H groups in total. The van der Waals surface area contributed by atoms with Crippen molar-refractivity contribution in [1.29, 1.82) is 0 Å². The molecule has 0 unspecified atom stereocenters. The third kappa shape index (κ3) is 5.76. The minimum atomic E-state index is -0.113. The summed E-state index contributed by atoms with van der Waals surface area (Å²) in [4.78, 5) is 21.0. The lowest BCUT2D eigenvalue weighted by Crippen LogP contribution is -2.14. The van der Waals surface area contributed by atoms with Gasteiger partial charge in [0.05, 0.1) is 18.7 Å². The van der Waals surface area contributed by atoms with Gasteiger partial charge in [-0.05, 0) is 24.1 Å². The highest BCUT2D eigenvalue weighted by Crippen LogP contribution is 2.25. The summed E-state index contributed by atoms with van der Waals surface area (Å²) in [5, 5.41) is 9.81. The Hall–Kier alpha value is -3.52. The molecule has 158 valence electrons. The van der Waals surface area contributed by atoms with Crippen LogP contribution in [0.1, 0.15) is 18.2 Å². The van der Waals surface area contributed by atoms with Crippen LogP contribution in [0.2, 0.25) is 0 Å². The molecule has 0 bridgehead atoms. The smallest absolute Gasteiger partial charge is 0.230 e. The molecule has 7 nitrogen and oxygen atoms in total. The van der Waals surface area contributed by atoms with Gasteiger partial charge in [0.25, 0.3) is 0 Å². The first-order valence-corrected chi connectivity index (χ1v) is 11.0. The quantitative estimate of drug-likeness (QED) is 0.427. The van der Waals surface area contributed by atoms with Gasteiger partial charge in [-0.1, -0.05) is 37.3 Å². The summed E-state index contributed by atoms with van der Waals surface area (Å²) in [6.07, 6.45) is 4.37. The van der Waals surface area contributed by atoms with Crippen molar-refractivity contribution in [1.82, 2.24) is 19.7 Å². The molecule has 0 radical (unpaired) electrons. The van der Waals surface area contributed by atoms with Crippen LogP contribution >= 0.6 is 11.3 Å². The third-order valence-electron chi connectivity index (χ3n) is 4.68. The lowest BCUT2D eigenvalue weighted by atomic mass is 10.1. The van der Waals surface area contributed by atoms with Gasteiger partial charge < -0.3 is 10.1 Å². The third-order valence-corrected chi connectivity index (χ3v) is 5.62. The molecule has 0 fully saturated rings. The molecule has 0 aliphatic carbocycles. The maximum Gasteiger partial charge on any atom is 0.230 e. The van der Waals surface area contributed by atoms with E-state index >= 15 is 0 Å². The predicted molar refractivity (Wildman–Crippen MR) is 121 cm³/mol. The molecular weight excluding hydrogens is 410 g/mol. The standard InChI is InChI=1S/C23H23N5O2S/c1-2-17-6-8-18(9-7-17)23-27-20(14-31-23)13-22(29)26-19-4-3-5-21(12-19)30-11-10-28-16-24-15-25-28/h3-9,12,14-16H,2,10-11,13H2,1H3,(H,26,29). The molecule has 8 heteroatoms. The van der Waals surface area contributed by atoms with E-state index in [0.29, 0.717) is 24.6 Å². The fraction of sp³-hybridized carbons (Fsp3) is 0.217. The number of carbonyl (C=O) groups excluding carboxylic acids is 1. The van der Waals surface area contributed by atoms with Gasteiger partial charge in [0, 0.05) is 22.7 Å². The van der Waals surface area contributed by atoms with Crippen LogP contribution < -0.4 is 10.1 Å². The van der Waals surface area contributed by atoms with Gasteiger partial charge in [0.15, 0.2) is 0 Å². The van der Waals surface area contributed by atoms with Crippen LogP contribution in [0.15, 0.2) is 66.6 Å². The normalized spacial score (nSPS) is 10.7. The van der Waals surface area contributed by atoms with E-state index in [9.17, 15) is 4.79 Å². The molecule has 0 saturated carbocycles. The van der Waals surface area contributed by atoms with E-state index < -0.39 is 0 Å². The van der Waals surface area contributed by atoms with Gasteiger partial charge in [0.2, 0.25) is 5.91 Å². The Kier molecular flexibility index (Phi) is 6.68. The molecule has 4 aromatic rings. The zero-order valence-corrected chi connectivity index (χ0v) is 18.0. The number of hydrogen-bond acceptors (Lipinski definition) is 6. The van der Waals surface area contributed by atoms with Crippen molar-refractivity contribution in [2.75, 3.05) is 11.9 Å². The number of nitrogens with one attached hydrogen (secondary N) is 1. The average Bonchev–Trinajstić information content (AvgIpc) is 3.46. The summed E-state index contributed by atoms with van der Waals surface area (Å²) in [5.41, 5.74) is 3.82. The summed E-state index contributed by atoms with van der Waals surface area (Å²) in [6.45, 7) is 3.20. The van der Waals surface area contributed by atoms with Crippen LogP contribution in [0, 0.1) is 0 Å². The van der Waals surface area contributed by atoms with E-state index in [1.807, 2.05) is 23.6 Å². The Balaban J connectivity index is 1.31. The monoisotopic (exact) mass is 433 g/mol. The molecule has 4 rings (SSSR count). The molecule has 2 aromatic carbocycles. The lowest BCUT2D eigenvalue weighted by Gasteiger charge is -2.09. The second kappa shape index (κ2) is 9.99. The fourth-order valence-electron chi connectivity index (χ4n) is 3.04. The highest BCUT2D eigenvalue weighted by Gasteiger charge is 2.10.